The molecule has 0 saturated heterocycles. The molecule has 70 valence electrons. The van der Waals surface area contributed by atoms with Crippen LogP contribution in [0.1, 0.15) is 5.56 Å². The van der Waals surface area contributed by atoms with Crippen molar-refractivity contribution in [3.8, 4) is 11.8 Å². The number of nitrogens with zero attached hydrogens (tertiary/aromatic N) is 2. The van der Waals surface area contributed by atoms with Crippen molar-refractivity contribution < 1.29 is 4.74 Å². The van der Waals surface area contributed by atoms with Crippen LogP contribution in [-0.4, -0.2) is 17.1 Å². The number of anilines is 1. The molecule has 2 aromatic rings. The van der Waals surface area contributed by atoms with Crippen LogP contribution < -0.4 is 10.5 Å². The Morgan fingerprint density at radius 1 is 1.57 bits per heavy atom. The highest BCUT2D eigenvalue weighted by Gasteiger charge is 2.10. The van der Waals surface area contributed by atoms with E-state index in [2.05, 4.69) is 9.97 Å². The van der Waals surface area contributed by atoms with Gasteiger partial charge in [-0.25, -0.2) is 4.98 Å². The largest absolute Gasteiger partial charge is 0.493 e. The summed E-state index contributed by atoms with van der Waals surface area (Å²) in [4.78, 5) is 6.90. The van der Waals surface area contributed by atoms with Gasteiger partial charge >= 0.3 is 0 Å². The molecule has 0 aliphatic carbocycles. The summed E-state index contributed by atoms with van der Waals surface area (Å²) in [5.74, 6) is 0.770. The predicted molar refractivity (Wildman–Crippen MR) is 51.8 cm³/mol. The first-order valence-corrected chi connectivity index (χ1v) is 3.98. The van der Waals surface area contributed by atoms with Crippen molar-refractivity contribution in [2.75, 3.05) is 12.8 Å². The average Bonchev–Trinajstić information content (AvgIpc) is 2.56. The summed E-state index contributed by atoms with van der Waals surface area (Å²) in [5.41, 5.74) is 7.30. The number of nitriles is 1. The molecular weight excluding hydrogens is 180 g/mol. The number of fused-ring (bicyclic) bond motifs is 1. The van der Waals surface area contributed by atoms with E-state index in [4.69, 9.17) is 15.7 Å². The number of imidazole rings is 1. The first kappa shape index (κ1) is 8.38. The second-order valence-electron chi connectivity index (χ2n) is 2.78. The highest BCUT2D eigenvalue weighted by Crippen LogP contribution is 2.27. The Hall–Kier alpha value is -2.22. The van der Waals surface area contributed by atoms with E-state index in [1.807, 2.05) is 6.07 Å². The minimum atomic E-state index is 0.313. The zero-order valence-corrected chi connectivity index (χ0v) is 7.53. The molecular formula is C9H8N4O. The maximum atomic E-state index is 8.82. The van der Waals surface area contributed by atoms with Gasteiger partial charge in [0, 0.05) is 0 Å². The fourth-order valence-electron chi connectivity index (χ4n) is 1.36. The number of ether oxygens (including phenoxy) is 1. The molecule has 3 N–H and O–H groups in total. The molecule has 5 nitrogen and oxygen atoms in total. The number of nitrogens with two attached hydrogens (primary N) is 1. The summed E-state index contributed by atoms with van der Waals surface area (Å²) in [6.45, 7) is 0. The lowest BCUT2D eigenvalue weighted by molar-refractivity contribution is 0.417. The van der Waals surface area contributed by atoms with Crippen molar-refractivity contribution in [2.45, 2.75) is 0 Å². The van der Waals surface area contributed by atoms with E-state index in [9.17, 15) is 0 Å². The number of benzene rings is 1. The lowest BCUT2D eigenvalue weighted by atomic mass is 10.2. The number of aromatic amines is 1. The minimum Gasteiger partial charge on any atom is -0.493 e. The summed E-state index contributed by atoms with van der Waals surface area (Å²) in [5, 5.41) is 8.82. The smallest absolute Gasteiger partial charge is 0.198 e. The third kappa shape index (κ3) is 1.05. The fraction of sp³-hybridized carbons (Fsp3) is 0.111. The molecule has 0 saturated carbocycles. The van der Waals surface area contributed by atoms with Crippen LogP contribution in [0, 0.1) is 11.3 Å². The molecule has 1 aromatic heterocycles. The summed E-state index contributed by atoms with van der Waals surface area (Å²) in [6.07, 6.45) is 0. The van der Waals surface area contributed by atoms with Gasteiger partial charge in [-0.1, -0.05) is 0 Å². The van der Waals surface area contributed by atoms with Gasteiger partial charge in [0.15, 0.2) is 11.7 Å². The standard InChI is InChI=1S/C9H8N4O/c1-14-8-5(4-10)2-3-6-7(8)13-9(11)12-6/h2-3H,1H3,(H3,11,12,13). The Bertz CT molecular complexity index is 523. The molecule has 1 aromatic carbocycles. The maximum Gasteiger partial charge on any atom is 0.198 e. The van der Waals surface area contributed by atoms with Gasteiger partial charge in [0.2, 0.25) is 0 Å². The summed E-state index contributed by atoms with van der Waals surface area (Å²) in [7, 11) is 1.50. The van der Waals surface area contributed by atoms with Gasteiger partial charge in [0.05, 0.1) is 18.2 Å². The van der Waals surface area contributed by atoms with E-state index in [1.165, 1.54) is 7.11 Å². The Balaban J connectivity index is 2.84. The van der Waals surface area contributed by atoms with Crippen LogP contribution in [0.5, 0.6) is 5.75 Å². The molecule has 0 fully saturated rings. The third-order valence-electron chi connectivity index (χ3n) is 1.95. The van der Waals surface area contributed by atoms with Crippen LogP contribution in [0.2, 0.25) is 0 Å². The van der Waals surface area contributed by atoms with Gasteiger partial charge in [0.1, 0.15) is 11.6 Å². The number of aromatic nitrogens is 2. The van der Waals surface area contributed by atoms with Crippen molar-refractivity contribution in [1.82, 2.24) is 9.97 Å². The van der Waals surface area contributed by atoms with Crippen LogP contribution in [0.15, 0.2) is 12.1 Å². The minimum absolute atomic E-state index is 0.313. The monoisotopic (exact) mass is 188 g/mol. The van der Waals surface area contributed by atoms with Crippen molar-refractivity contribution >= 4 is 17.0 Å². The second-order valence-corrected chi connectivity index (χ2v) is 2.78. The number of rotatable bonds is 1. The first-order valence-electron chi connectivity index (χ1n) is 3.98. The van der Waals surface area contributed by atoms with Crippen molar-refractivity contribution in [3.05, 3.63) is 17.7 Å². The molecule has 0 aliphatic rings. The van der Waals surface area contributed by atoms with E-state index >= 15 is 0 Å². The van der Waals surface area contributed by atoms with Crippen LogP contribution in [0.4, 0.5) is 5.95 Å². The van der Waals surface area contributed by atoms with Gasteiger partial charge < -0.3 is 15.5 Å². The SMILES string of the molecule is COc1c(C#N)ccc2[nH]c(N)nc12. The normalized spacial score (nSPS) is 10.0. The number of nitrogens with one attached hydrogen (secondary N) is 1. The van der Waals surface area contributed by atoms with Crippen LogP contribution in [-0.2, 0) is 0 Å². The van der Waals surface area contributed by atoms with Crippen molar-refractivity contribution in [2.24, 2.45) is 0 Å². The van der Waals surface area contributed by atoms with E-state index < -0.39 is 0 Å². The zero-order chi connectivity index (χ0) is 10.1. The number of nitrogen functional groups attached to an aromatic ring is 1. The van der Waals surface area contributed by atoms with Gasteiger partial charge in [-0.15, -0.1) is 0 Å². The third-order valence-corrected chi connectivity index (χ3v) is 1.95. The molecule has 1 heterocycles. The number of methoxy groups -OCH3 is 1. The number of hydrogen-bond acceptors (Lipinski definition) is 4. The Labute approximate surface area is 80.1 Å². The van der Waals surface area contributed by atoms with Crippen LogP contribution in [0.25, 0.3) is 11.0 Å². The quantitative estimate of drug-likeness (QED) is 0.699. The molecule has 0 bridgehead atoms. The molecule has 5 heteroatoms. The van der Waals surface area contributed by atoms with Gasteiger partial charge in [-0.05, 0) is 12.1 Å². The molecule has 0 aliphatic heterocycles. The van der Waals surface area contributed by atoms with Gasteiger partial charge in [-0.2, -0.15) is 5.26 Å². The maximum absolute atomic E-state index is 8.82. The fourth-order valence-corrected chi connectivity index (χ4v) is 1.36. The topological polar surface area (TPSA) is 87.7 Å². The van der Waals surface area contributed by atoms with Crippen molar-refractivity contribution in [1.29, 1.82) is 5.26 Å². The summed E-state index contributed by atoms with van der Waals surface area (Å²) < 4.78 is 5.10. The molecule has 2 rings (SSSR count). The Morgan fingerprint density at radius 3 is 3.00 bits per heavy atom. The summed E-state index contributed by atoms with van der Waals surface area (Å²) >= 11 is 0. The van der Waals surface area contributed by atoms with Gasteiger partial charge in [0.25, 0.3) is 0 Å². The lowest BCUT2D eigenvalue weighted by Crippen LogP contribution is -1.89. The number of hydrogen-bond donors (Lipinski definition) is 2. The molecule has 0 atom stereocenters. The van der Waals surface area contributed by atoms with Gasteiger partial charge in [-0.3, -0.25) is 0 Å². The highest BCUT2D eigenvalue weighted by molar-refractivity contribution is 5.86. The zero-order valence-electron chi connectivity index (χ0n) is 7.53. The average molecular weight is 188 g/mol. The molecule has 0 spiro atoms. The van der Waals surface area contributed by atoms with Crippen LogP contribution >= 0.6 is 0 Å². The molecule has 0 amide bonds. The van der Waals surface area contributed by atoms with Crippen LogP contribution in [0.3, 0.4) is 0 Å². The van der Waals surface area contributed by atoms with E-state index in [0.29, 0.717) is 22.8 Å². The Morgan fingerprint density at radius 2 is 2.36 bits per heavy atom. The summed E-state index contributed by atoms with van der Waals surface area (Å²) in [6, 6.07) is 5.44. The van der Waals surface area contributed by atoms with E-state index in [-0.39, 0.29) is 0 Å². The predicted octanol–water partition coefficient (Wildman–Crippen LogP) is 1.03. The first-order chi connectivity index (χ1) is 6.76. The highest BCUT2D eigenvalue weighted by atomic mass is 16.5. The number of H-pyrrole nitrogens is 1. The van der Waals surface area contributed by atoms with E-state index in [0.717, 1.165) is 5.52 Å². The molecule has 0 radical (unpaired) electrons. The Kier molecular flexibility index (Phi) is 1.75. The van der Waals surface area contributed by atoms with E-state index in [1.54, 1.807) is 12.1 Å². The van der Waals surface area contributed by atoms with Crippen molar-refractivity contribution in [3.63, 3.8) is 0 Å². The molecule has 0 unspecified atom stereocenters. The lowest BCUT2D eigenvalue weighted by Gasteiger charge is -2.01. The second kappa shape index (κ2) is 2.92. The molecule has 14 heavy (non-hydrogen) atoms.